The monoisotopic (exact) mass is 344 g/mol. The zero-order chi connectivity index (χ0) is 14.0. The number of anilines is 2. The lowest BCUT2D eigenvalue weighted by Gasteiger charge is -2.10. The highest BCUT2D eigenvalue weighted by atomic mass is 79.9. The van der Waals surface area contributed by atoms with Crippen molar-refractivity contribution in [1.29, 1.82) is 0 Å². The number of sulfonamides is 1. The predicted octanol–water partition coefficient (Wildman–Crippen LogP) is 2.97. The minimum absolute atomic E-state index is 0.282. The van der Waals surface area contributed by atoms with Crippen LogP contribution in [0, 0.1) is 5.82 Å². The number of benzene rings is 2. The molecule has 0 atom stereocenters. The van der Waals surface area contributed by atoms with Gasteiger partial charge in [-0.3, -0.25) is 4.72 Å². The van der Waals surface area contributed by atoms with Gasteiger partial charge in [0.25, 0.3) is 10.0 Å². The maximum atomic E-state index is 13.3. The number of hydrogen-bond donors (Lipinski definition) is 2. The molecule has 0 aromatic heterocycles. The second-order valence-electron chi connectivity index (χ2n) is 3.76. The van der Waals surface area contributed by atoms with Crippen LogP contribution in [0.15, 0.2) is 51.8 Å². The average Bonchev–Trinajstić information content (AvgIpc) is 2.35. The Morgan fingerprint density at radius 3 is 2.37 bits per heavy atom. The lowest BCUT2D eigenvalue weighted by Crippen LogP contribution is -2.15. The summed E-state index contributed by atoms with van der Waals surface area (Å²) in [6.07, 6.45) is 0. The zero-order valence-electron chi connectivity index (χ0n) is 9.60. The molecule has 0 aliphatic heterocycles. The number of nitrogens with one attached hydrogen (secondary N) is 1. The van der Waals surface area contributed by atoms with Gasteiger partial charge in [0, 0.05) is 10.2 Å². The fourth-order valence-corrected chi connectivity index (χ4v) is 2.95. The Balaban J connectivity index is 2.38. The number of nitrogens with two attached hydrogens (primary N) is 1. The molecule has 0 fully saturated rings. The van der Waals surface area contributed by atoms with E-state index < -0.39 is 21.5 Å². The van der Waals surface area contributed by atoms with Crippen LogP contribution in [0.3, 0.4) is 0 Å². The van der Waals surface area contributed by atoms with Gasteiger partial charge in [0.2, 0.25) is 0 Å². The topological polar surface area (TPSA) is 72.2 Å². The molecule has 0 heterocycles. The third-order valence-corrected chi connectivity index (χ3v) is 4.37. The van der Waals surface area contributed by atoms with Crippen molar-refractivity contribution in [3.8, 4) is 0 Å². The number of para-hydroxylation sites is 1. The maximum absolute atomic E-state index is 13.3. The fourth-order valence-electron chi connectivity index (χ4n) is 1.48. The summed E-state index contributed by atoms with van der Waals surface area (Å²) in [6, 6.07) is 10.2. The van der Waals surface area contributed by atoms with Gasteiger partial charge in [0.1, 0.15) is 10.7 Å². The van der Waals surface area contributed by atoms with Crippen molar-refractivity contribution in [3.63, 3.8) is 0 Å². The Labute approximate surface area is 118 Å². The second kappa shape index (κ2) is 5.18. The van der Waals surface area contributed by atoms with Gasteiger partial charge >= 0.3 is 0 Å². The van der Waals surface area contributed by atoms with Crippen LogP contribution in [0.1, 0.15) is 0 Å². The second-order valence-corrected chi connectivity index (χ2v) is 6.33. The molecule has 0 aliphatic rings. The molecular weight excluding hydrogens is 335 g/mol. The minimum Gasteiger partial charge on any atom is -0.395 e. The lowest BCUT2D eigenvalue weighted by molar-refractivity contribution is 0.597. The normalized spacial score (nSPS) is 11.3. The quantitative estimate of drug-likeness (QED) is 0.840. The highest BCUT2D eigenvalue weighted by molar-refractivity contribution is 9.10. The van der Waals surface area contributed by atoms with Crippen molar-refractivity contribution in [2.45, 2.75) is 4.90 Å². The van der Waals surface area contributed by atoms with Gasteiger partial charge in [0.05, 0.1) is 5.69 Å². The summed E-state index contributed by atoms with van der Waals surface area (Å²) in [6.45, 7) is 0. The van der Waals surface area contributed by atoms with Crippen molar-refractivity contribution in [2.24, 2.45) is 0 Å². The largest absolute Gasteiger partial charge is 0.395 e. The molecule has 0 amide bonds. The van der Waals surface area contributed by atoms with Gasteiger partial charge in [-0.25, -0.2) is 12.8 Å². The van der Waals surface area contributed by atoms with E-state index in [-0.39, 0.29) is 4.90 Å². The molecule has 2 aromatic rings. The molecule has 0 saturated heterocycles. The zero-order valence-corrected chi connectivity index (χ0v) is 12.0. The van der Waals surface area contributed by atoms with E-state index in [4.69, 9.17) is 5.73 Å². The number of nitrogen functional groups attached to an aromatic ring is 1. The Morgan fingerprint density at radius 1 is 1.11 bits per heavy atom. The molecule has 100 valence electrons. The molecule has 3 N–H and O–H groups in total. The Hall–Kier alpha value is -1.60. The van der Waals surface area contributed by atoms with Crippen LogP contribution >= 0.6 is 15.9 Å². The molecule has 0 unspecified atom stereocenters. The van der Waals surface area contributed by atoms with E-state index >= 15 is 0 Å². The first-order chi connectivity index (χ1) is 8.90. The van der Waals surface area contributed by atoms with Crippen LogP contribution in [0.4, 0.5) is 15.8 Å². The van der Waals surface area contributed by atoms with Gasteiger partial charge in [-0.2, -0.15) is 0 Å². The molecule has 19 heavy (non-hydrogen) atoms. The van der Waals surface area contributed by atoms with Crippen LogP contribution < -0.4 is 10.5 Å². The number of hydrogen-bond acceptors (Lipinski definition) is 3. The first-order valence-electron chi connectivity index (χ1n) is 5.22. The van der Waals surface area contributed by atoms with Gasteiger partial charge in [-0.15, -0.1) is 0 Å². The Morgan fingerprint density at radius 2 is 1.74 bits per heavy atom. The standard InChI is InChI=1S/C12H10BrFN2O2S/c13-8-4-6-9(7-5-8)16-19(17,18)11-3-1-2-10(14)12(11)15/h1-7,16H,15H2. The molecule has 2 rings (SSSR count). The van der Waals surface area contributed by atoms with Crippen LogP contribution in [-0.2, 0) is 10.0 Å². The van der Waals surface area contributed by atoms with E-state index in [1.165, 1.54) is 12.1 Å². The molecule has 2 aromatic carbocycles. The highest BCUT2D eigenvalue weighted by Crippen LogP contribution is 2.24. The number of rotatable bonds is 3. The molecule has 0 spiro atoms. The summed E-state index contributed by atoms with van der Waals surface area (Å²) in [4.78, 5) is -0.282. The van der Waals surface area contributed by atoms with Gasteiger partial charge in [0.15, 0.2) is 0 Å². The van der Waals surface area contributed by atoms with Crippen LogP contribution in [0.2, 0.25) is 0 Å². The van der Waals surface area contributed by atoms with Crippen molar-refractivity contribution in [1.82, 2.24) is 0 Å². The van der Waals surface area contributed by atoms with Gasteiger partial charge in [-0.05, 0) is 36.4 Å². The smallest absolute Gasteiger partial charge is 0.264 e. The van der Waals surface area contributed by atoms with Crippen molar-refractivity contribution >= 4 is 37.3 Å². The van der Waals surface area contributed by atoms with E-state index in [1.807, 2.05) is 0 Å². The molecular formula is C12H10BrFN2O2S. The Kier molecular flexibility index (Phi) is 3.77. The van der Waals surface area contributed by atoms with Gasteiger partial charge in [-0.1, -0.05) is 22.0 Å². The summed E-state index contributed by atoms with van der Waals surface area (Å²) in [5.74, 6) is -0.765. The fraction of sp³-hybridized carbons (Fsp3) is 0. The summed E-state index contributed by atoms with van der Waals surface area (Å²) >= 11 is 3.24. The molecule has 4 nitrogen and oxygen atoms in total. The molecule has 0 saturated carbocycles. The highest BCUT2D eigenvalue weighted by Gasteiger charge is 2.19. The molecule has 0 aliphatic carbocycles. The third-order valence-electron chi connectivity index (χ3n) is 2.40. The Bertz CT molecular complexity index is 702. The van der Waals surface area contributed by atoms with E-state index in [9.17, 15) is 12.8 Å². The molecule has 0 bridgehead atoms. The third kappa shape index (κ3) is 3.05. The SMILES string of the molecule is Nc1c(F)cccc1S(=O)(=O)Nc1ccc(Br)cc1. The molecule has 7 heteroatoms. The van der Waals surface area contributed by atoms with Crippen LogP contribution in [-0.4, -0.2) is 8.42 Å². The van der Waals surface area contributed by atoms with Crippen LogP contribution in [0.5, 0.6) is 0 Å². The first-order valence-corrected chi connectivity index (χ1v) is 7.50. The summed E-state index contributed by atoms with van der Waals surface area (Å²) in [5.41, 5.74) is 5.42. The summed E-state index contributed by atoms with van der Waals surface area (Å²) < 4.78 is 40.6. The summed E-state index contributed by atoms with van der Waals surface area (Å²) in [5, 5.41) is 0. The average molecular weight is 345 g/mol. The minimum atomic E-state index is -3.91. The first kappa shape index (κ1) is 13.8. The van der Waals surface area contributed by atoms with Crippen molar-refractivity contribution in [3.05, 3.63) is 52.8 Å². The predicted molar refractivity (Wildman–Crippen MR) is 75.8 cm³/mol. The van der Waals surface area contributed by atoms with Crippen LogP contribution in [0.25, 0.3) is 0 Å². The molecule has 0 radical (unpaired) electrons. The lowest BCUT2D eigenvalue weighted by atomic mass is 10.3. The number of halogens is 2. The van der Waals surface area contributed by atoms with Crippen molar-refractivity contribution < 1.29 is 12.8 Å². The van der Waals surface area contributed by atoms with Gasteiger partial charge < -0.3 is 5.73 Å². The maximum Gasteiger partial charge on any atom is 0.264 e. The van der Waals surface area contributed by atoms with E-state index in [0.29, 0.717) is 5.69 Å². The summed E-state index contributed by atoms with van der Waals surface area (Å²) in [7, 11) is -3.91. The van der Waals surface area contributed by atoms with E-state index in [1.54, 1.807) is 24.3 Å². The van der Waals surface area contributed by atoms with E-state index in [0.717, 1.165) is 10.5 Å². The van der Waals surface area contributed by atoms with Crippen molar-refractivity contribution in [2.75, 3.05) is 10.5 Å². The van der Waals surface area contributed by atoms with E-state index in [2.05, 4.69) is 20.7 Å².